The van der Waals surface area contributed by atoms with Crippen LogP contribution in [0.2, 0.25) is 0 Å². The number of nitrogens with zero attached hydrogens (tertiary/aromatic N) is 5. The maximum absolute atomic E-state index is 4.83. The van der Waals surface area contributed by atoms with Gasteiger partial charge in [-0.3, -0.25) is 5.43 Å². The topological polar surface area (TPSA) is 68.0 Å². The number of aryl methyl sites for hydroxylation is 1. The Bertz CT molecular complexity index is 1560. The summed E-state index contributed by atoms with van der Waals surface area (Å²) in [5.41, 5.74) is 7.89. The van der Waals surface area contributed by atoms with Gasteiger partial charge >= 0.3 is 0 Å². The minimum Gasteiger partial charge on any atom is -0.253 e. The molecule has 6 nitrogen and oxygen atoms in total. The molecule has 0 aliphatic heterocycles. The van der Waals surface area contributed by atoms with Crippen molar-refractivity contribution < 1.29 is 0 Å². The van der Waals surface area contributed by atoms with Crippen LogP contribution in [0.25, 0.3) is 26.1 Å². The summed E-state index contributed by atoms with van der Waals surface area (Å²) in [5, 5.41) is 11.1. The molecule has 3 aromatic carbocycles. The number of aromatic nitrogens is 4. The highest BCUT2D eigenvalue weighted by Gasteiger charge is 2.18. The first-order valence-corrected chi connectivity index (χ1v) is 13.0. The number of benzene rings is 3. The van der Waals surface area contributed by atoms with Crippen molar-refractivity contribution in [2.45, 2.75) is 16.3 Å². The summed E-state index contributed by atoms with van der Waals surface area (Å²) in [7, 11) is 0. The van der Waals surface area contributed by atoms with Crippen LogP contribution in [0.1, 0.15) is 11.3 Å². The molecule has 0 fully saturated rings. The molecule has 9 heteroatoms. The number of para-hydroxylation sites is 3. The fourth-order valence-electron chi connectivity index (χ4n) is 3.56. The molecular formula is C25H18N6S3. The Kier molecular flexibility index (Phi) is 5.58. The summed E-state index contributed by atoms with van der Waals surface area (Å²) in [6, 6.07) is 26.4. The molecule has 6 aromatic rings. The SMILES string of the molecule is Cc1nn(-c2ccccc2)c(Sc2nc3ccccc3s2)c1/C=N\Nc1nc2ccccc2s1. The molecule has 0 amide bonds. The second-order valence-corrected chi connectivity index (χ2v) is 10.8. The van der Waals surface area contributed by atoms with Gasteiger partial charge in [0.1, 0.15) is 5.03 Å². The number of nitrogens with one attached hydrogen (secondary N) is 1. The van der Waals surface area contributed by atoms with Gasteiger partial charge in [-0.15, -0.1) is 11.3 Å². The maximum atomic E-state index is 4.83. The van der Waals surface area contributed by atoms with E-state index in [0.717, 1.165) is 47.2 Å². The van der Waals surface area contributed by atoms with E-state index in [2.05, 4.69) is 39.8 Å². The van der Waals surface area contributed by atoms with Crippen molar-refractivity contribution in [2.75, 3.05) is 5.43 Å². The highest BCUT2D eigenvalue weighted by molar-refractivity contribution is 8.01. The van der Waals surface area contributed by atoms with Crippen molar-refractivity contribution in [3.8, 4) is 5.69 Å². The molecule has 0 saturated heterocycles. The fraction of sp³-hybridized carbons (Fsp3) is 0.0400. The van der Waals surface area contributed by atoms with Crippen LogP contribution in [0.5, 0.6) is 0 Å². The van der Waals surface area contributed by atoms with E-state index in [1.807, 2.05) is 72.4 Å². The minimum absolute atomic E-state index is 0.755. The Labute approximate surface area is 208 Å². The second-order valence-electron chi connectivity index (χ2n) is 7.46. The molecule has 0 unspecified atom stereocenters. The van der Waals surface area contributed by atoms with Gasteiger partial charge in [0.2, 0.25) is 5.13 Å². The van der Waals surface area contributed by atoms with Crippen molar-refractivity contribution >= 4 is 66.2 Å². The maximum Gasteiger partial charge on any atom is 0.204 e. The van der Waals surface area contributed by atoms with Crippen LogP contribution in [-0.4, -0.2) is 26.0 Å². The third-order valence-electron chi connectivity index (χ3n) is 5.17. The molecule has 6 rings (SSSR count). The Balaban J connectivity index is 1.37. The Hall–Kier alpha value is -3.53. The van der Waals surface area contributed by atoms with E-state index in [9.17, 15) is 0 Å². The van der Waals surface area contributed by atoms with Crippen LogP contribution in [0.15, 0.2) is 93.3 Å². The van der Waals surface area contributed by atoms with Gasteiger partial charge in [-0.05, 0) is 55.1 Å². The first kappa shape index (κ1) is 21.0. The van der Waals surface area contributed by atoms with Gasteiger partial charge in [-0.25, -0.2) is 14.6 Å². The normalized spacial score (nSPS) is 11.7. The zero-order chi connectivity index (χ0) is 22.9. The highest BCUT2D eigenvalue weighted by atomic mass is 32.2. The van der Waals surface area contributed by atoms with Gasteiger partial charge in [0.15, 0.2) is 4.34 Å². The molecule has 0 saturated carbocycles. The molecule has 0 atom stereocenters. The van der Waals surface area contributed by atoms with E-state index in [1.54, 1.807) is 34.4 Å². The fourth-order valence-corrected chi connectivity index (χ4v) is 6.60. The first-order chi connectivity index (χ1) is 16.7. The zero-order valence-corrected chi connectivity index (χ0v) is 20.5. The lowest BCUT2D eigenvalue weighted by Gasteiger charge is -2.06. The van der Waals surface area contributed by atoms with Crippen molar-refractivity contribution in [1.82, 2.24) is 19.7 Å². The Morgan fingerprint density at radius 2 is 1.53 bits per heavy atom. The molecule has 166 valence electrons. The van der Waals surface area contributed by atoms with Crippen molar-refractivity contribution in [3.05, 3.63) is 90.1 Å². The lowest BCUT2D eigenvalue weighted by Crippen LogP contribution is -1.99. The van der Waals surface area contributed by atoms with Crippen molar-refractivity contribution in [3.63, 3.8) is 0 Å². The average molecular weight is 499 g/mol. The van der Waals surface area contributed by atoms with E-state index in [1.165, 1.54) is 4.70 Å². The van der Waals surface area contributed by atoms with E-state index >= 15 is 0 Å². The molecule has 0 aliphatic rings. The molecule has 3 heterocycles. The van der Waals surface area contributed by atoms with Crippen molar-refractivity contribution in [1.29, 1.82) is 0 Å². The highest BCUT2D eigenvalue weighted by Crippen LogP contribution is 2.37. The van der Waals surface area contributed by atoms with Gasteiger partial charge < -0.3 is 0 Å². The summed E-state index contributed by atoms with van der Waals surface area (Å²) in [5.74, 6) is 0. The number of hydrazone groups is 1. The van der Waals surface area contributed by atoms with Gasteiger partial charge in [0, 0.05) is 0 Å². The molecule has 0 radical (unpaired) electrons. The predicted molar refractivity (Wildman–Crippen MR) is 143 cm³/mol. The number of fused-ring (bicyclic) bond motifs is 2. The zero-order valence-electron chi connectivity index (χ0n) is 18.0. The van der Waals surface area contributed by atoms with Gasteiger partial charge in [-0.2, -0.15) is 10.2 Å². The Morgan fingerprint density at radius 1 is 0.853 bits per heavy atom. The third-order valence-corrected chi connectivity index (χ3v) is 8.29. The largest absolute Gasteiger partial charge is 0.253 e. The number of hydrogen-bond acceptors (Lipinski definition) is 8. The van der Waals surface area contributed by atoms with Crippen LogP contribution in [0.3, 0.4) is 0 Å². The lowest BCUT2D eigenvalue weighted by molar-refractivity contribution is 0.793. The van der Waals surface area contributed by atoms with E-state index < -0.39 is 0 Å². The minimum atomic E-state index is 0.755. The second kappa shape index (κ2) is 9.02. The average Bonchev–Trinajstić information content (AvgIpc) is 3.55. The molecule has 1 N–H and O–H groups in total. The summed E-state index contributed by atoms with van der Waals surface area (Å²) in [6.45, 7) is 2.00. The molecule has 0 bridgehead atoms. The number of thiazole rings is 2. The van der Waals surface area contributed by atoms with E-state index in [-0.39, 0.29) is 0 Å². The molecule has 0 aliphatic carbocycles. The standard InChI is InChI=1S/C25H18N6S3/c1-16-18(15-26-29-24-27-19-11-5-7-13-21(19)32-24)23(31(30-16)17-9-3-2-4-10-17)34-25-28-20-12-6-8-14-22(20)33-25/h2-15H,1H3,(H,27,29)/b26-15-. The van der Waals surface area contributed by atoms with E-state index in [0.29, 0.717) is 0 Å². The number of rotatable bonds is 6. The quantitative estimate of drug-likeness (QED) is 0.198. The Morgan fingerprint density at radius 3 is 2.26 bits per heavy atom. The van der Waals surface area contributed by atoms with Crippen LogP contribution in [0, 0.1) is 6.92 Å². The van der Waals surface area contributed by atoms with Crippen molar-refractivity contribution in [2.24, 2.45) is 5.10 Å². The summed E-state index contributed by atoms with van der Waals surface area (Å²) >= 11 is 4.87. The smallest absolute Gasteiger partial charge is 0.204 e. The van der Waals surface area contributed by atoms with Crippen LogP contribution in [0.4, 0.5) is 5.13 Å². The summed E-state index contributed by atoms with van der Waals surface area (Å²) in [6.07, 6.45) is 1.82. The van der Waals surface area contributed by atoms with Crippen LogP contribution < -0.4 is 5.43 Å². The third kappa shape index (κ3) is 4.09. The molecule has 0 spiro atoms. The van der Waals surface area contributed by atoms with E-state index in [4.69, 9.17) is 10.1 Å². The lowest BCUT2D eigenvalue weighted by atomic mass is 10.3. The van der Waals surface area contributed by atoms with Gasteiger partial charge in [0.25, 0.3) is 0 Å². The monoisotopic (exact) mass is 498 g/mol. The van der Waals surface area contributed by atoms with Gasteiger partial charge in [-0.1, -0.05) is 53.8 Å². The predicted octanol–water partition coefficient (Wildman–Crippen LogP) is 7.00. The molecule has 34 heavy (non-hydrogen) atoms. The summed E-state index contributed by atoms with van der Waals surface area (Å²) < 4.78 is 5.22. The van der Waals surface area contributed by atoms with Crippen LogP contribution in [-0.2, 0) is 0 Å². The summed E-state index contributed by atoms with van der Waals surface area (Å²) in [4.78, 5) is 9.41. The molecule has 3 aromatic heterocycles. The number of anilines is 1. The van der Waals surface area contributed by atoms with Crippen LogP contribution >= 0.6 is 34.4 Å². The first-order valence-electron chi connectivity index (χ1n) is 10.6. The van der Waals surface area contributed by atoms with Gasteiger partial charge in [0.05, 0.1) is 43.6 Å². The number of hydrogen-bond donors (Lipinski definition) is 1. The molecular weight excluding hydrogens is 481 g/mol.